The van der Waals surface area contributed by atoms with Gasteiger partial charge in [0.25, 0.3) is 5.91 Å². The molecule has 26 heavy (non-hydrogen) atoms. The van der Waals surface area contributed by atoms with Crippen LogP contribution in [0.3, 0.4) is 0 Å². The van der Waals surface area contributed by atoms with Crippen molar-refractivity contribution >= 4 is 35.4 Å². The summed E-state index contributed by atoms with van der Waals surface area (Å²) in [6.07, 6.45) is 0. The normalized spacial score (nSPS) is 17.0. The average Bonchev–Trinajstić information content (AvgIpc) is 2.84. The first kappa shape index (κ1) is 17.6. The molecular weight excluding hydrogens is 332 g/mol. The number of aromatic nitrogens is 3. The van der Waals surface area contributed by atoms with Gasteiger partial charge in [-0.15, -0.1) is 0 Å². The lowest BCUT2D eigenvalue weighted by Gasteiger charge is -2.23. The van der Waals surface area contributed by atoms with Gasteiger partial charge in [-0.25, -0.2) is 4.90 Å². The van der Waals surface area contributed by atoms with Crippen LogP contribution in [0.25, 0.3) is 0 Å². The highest BCUT2D eigenvalue weighted by Crippen LogP contribution is 2.28. The number of anilines is 4. The van der Waals surface area contributed by atoms with Crippen LogP contribution >= 0.6 is 0 Å². The Balaban J connectivity index is 2.06. The standard InChI is InChI=1S/C17H22N8O/c1-11-13(26)25(12-9-7-6-8-10-12)14(18)24(11)17-20-15(22(2)3)19-16(21-17)23(4)5/h6-11,18H,1-5H3. The van der Waals surface area contributed by atoms with Crippen molar-refractivity contribution < 1.29 is 4.79 Å². The maximum absolute atomic E-state index is 12.8. The van der Waals surface area contributed by atoms with E-state index in [0.717, 1.165) is 0 Å². The summed E-state index contributed by atoms with van der Waals surface area (Å²) >= 11 is 0. The number of hydrogen-bond donors (Lipinski definition) is 1. The van der Waals surface area contributed by atoms with E-state index < -0.39 is 6.04 Å². The molecule has 3 rings (SSSR count). The van der Waals surface area contributed by atoms with E-state index in [2.05, 4.69) is 15.0 Å². The lowest BCUT2D eigenvalue weighted by Crippen LogP contribution is -2.36. The van der Waals surface area contributed by atoms with Crippen molar-refractivity contribution in [1.82, 2.24) is 15.0 Å². The van der Waals surface area contributed by atoms with Crippen LogP contribution in [0, 0.1) is 5.41 Å². The summed E-state index contributed by atoms with van der Waals surface area (Å²) in [4.78, 5) is 32.5. The Morgan fingerprint density at radius 3 is 2.00 bits per heavy atom. The van der Waals surface area contributed by atoms with E-state index in [9.17, 15) is 4.79 Å². The van der Waals surface area contributed by atoms with E-state index in [4.69, 9.17) is 5.41 Å². The summed E-state index contributed by atoms with van der Waals surface area (Å²) < 4.78 is 0. The summed E-state index contributed by atoms with van der Waals surface area (Å²) in [5.74, 6) is 1.03. The number of guanidine groups is 1. The second kappa shape index (κ2) is 6.58. The van der Waals surface area contributed by atoms with Crippen molar-refractivity contribution in [3.8, 4) is 0 Å². The van der Waals surface area contributed by atoms with E-state index in [0.29, 0.717) is 17.6 Å². The Morgan fingerprint density at radius 1 is 0.962 bits per heavy atom. The Labute approximate surface area is 152 Å². The summed E-state index contributed by atoms with van der Waals surface area (Å²) in [5.41, 5.74) is 0.645. The Bertz CT molecular complexity index is 810. The first-order valence-electron chi connectivity index (χ1n) is 8.18. The van der Waals surface area contributed by atoms with Gasteiger partial charge in [-0.2, -0.15) is 15.0 Å². The summed E-state index contributed by atoms with van der Waals surface area (Å²) in [6, 6.07) is 8.54. The predicted octanol–water partition coefficient (Wildman–Crippen LogP) is 1.18. The number of nitrogens with one attached hydrogen (secondary N) is 1. The van der Waals surface area contributed by atoms with Crippen LogP contribution in [0.5, 0.6) is 0 Å². The van der Waals surface area contributed by atoms with Gasteiger partial charge in [-0.05, 0) is 19.1 Å². The van der Waals surface area contributed by atoms with Crippen LogP contribution in [0.15, 0.2) is 30.3 Å². The van der Waals surface area contributed by atoms with E-state index in [1.165, 1.54) is 9.80 Å². The third kappa shape index (κ3) is 2.92. The molecule has 1 N–H and O–H groups in total. The van der Waals surface area contributed by atoms with Gasteiger partial charge in [0.1, 0.15) is 6.04 Å². The topological polar surface area (TPSA) is 92.6 Å². The molecule has 1 aliphatic rings. The van der Waals surface area contributed by atoms with E-state index in [1.807, 2.05) is 46.4 Å². The molecule has 9 nitrogen and oxygen atoms in total. The van der Waals surface area contributed by atoms with Gasteiger partial charge in [0.2, 0.25) is 23.8 Å². The van der Waals surface area contributed by atoms with Crippen LogP contribution in [-0.2, 0) is 4.79 Å². The highest BCUT2D eigenvalue weighted by molar-refractivity contribution is 6.28. The number of rotatable bonds is 4. The number of amides is 1. The number of nitrogens with zero attached hydrogens (tertiary/aromatic N) is 7. The lowest BCUT2D eigenvalue weighted by molar-refractivity contribution is -0.117. The third-order valence-corrected chi connectivity index (χ3v) is 4.03. The van der Waals surface area contributed by atoms with Crippen molar-refractivity contribution in [2.45, 2.75) is 13.0 Å². The van der Waals surface area contributed by atoms with Gasteiger partial charge in [-0.3, -0.25) is 15.1 Å². The quantitative estimate of drug-likeness (QED) is 0.881. The monoisotopic (exact) mass is 354 g/mol. The molecule has 2 aromatic rings. The first-order valence-corrected chi connectivity index (χ1v) is 8.18. The summed E-state index contributed by atoms with van der Waals surface area (Å²) in [5, 5.41) is 8.56. The third-order valence-electron chi connectivity index (χ3n) is 4.03. The minimum absolute atomic E-state index is 0.0225. The predicted molar refractivity (Wildman–Crippen MR) is 102 cm³/mol. The number of carbonyl (C=O) groups is 1. The van der Waals surface area contributed by atoms with Crippen molar-refractivity contribution in [1.29, 1.82) is 5.41 Å². The largest absolute Gasteiger partial charge is 0.347 e. The molecule has 0 aliphatic carbocycles. The Morgan fingerprint density at radius 2 is 1.50 bits per heavy atom. The molecule has 1 unspecified atom stereocenters. The average molecular weight is 354 g/mol. The molecule has 1 atom stereocenters. The lowest BCUT2D eigenvalue weighted by atomic mass is 10.2. The molecule has 2 heterocycles. The SMILES string of the molecule is CC1C(=O)N(c2ccccc2)C(=N)N1c1nc(N(C)C)nc(N(C)C)n1. The van der Waals surface area contributed by atoms with Gasteiger partial charge in [0.15, 0.2) is 0 Å². The molecule has 1 saturated heterocycles. The van der Waals surface area contributed by atoms with Crippen LogP contribution < -0.4 is 19.6 Å². The van der Waals surface area contributed by atoms with Gasteiger partial charge in [-0.1, -0.05) is 18.2 Å². The molecule has 0 spiro atoms. The molecule has 9 heteroatoms. The fourth-order valence-corrected chi connectivity index (χ4v) is 2.64. The van der Waals surface area contributed by atoms with Gasteiger partial charge < -0.3 is 9.80 Å². The highest BCUT2D eigenvalue weighted by atomic mass is 16.2. The molecule has 0 radical (unpaired) electrons. The Hall–Kier alpha value is -3.23. The van der Waals surface area contributed by atoms with Crippen molar-refractivity contribution in [3.63, 3.8) is 0 Å². The molecule has 0 saturated carbocycles. The number of benzene rings is 1. The number of carbonyl (C=O) groups excluding carboxylic acids is 1. The van der Waals surface area contributed by atoms with Gasteiger partial charge in [0, 0.05) is 28.2 Å². The zero-order chi connectivity index (χ0) is 19.0. The van der Waals surface area contributed by atoms with E-state index >= 15 is 0 Å². The fourth-order valence-electron chi connectivity index (χ4n) is 2.64. The first-order chi connectivity index (χ1) is 12.3. The van der Waals surface area contributed by atoms with Crippen LogP contribution in [-0.4, -0.2) is 61.1 Å². The molecule has 1 amide bonds. The second-order valence-electron chi connectivity index (χ2n) is 6.40. The number of hydrogen-bond acceptors (Lipinski definition) is 7. The van der Waals surface area contributed by atoms with Crippen molar-refractivity contribution in [2.24, 2.45) is 0 Å². The van der Waals surface area contributed by atoms with Crippen LogP contribution in [0.4, 0.5) is 23.5 Å². The molecule has 1 aromatic carbocycles. The minimum Gasteiger partial charge on any atom is -0.347 e. The molecule has 1 fully saturated rings. The number of para-hydroxylation sites is 1. The molecule has 1 aliphatic heterocycles. The fraction of sp³-hybridized carbons (Fsp3) is 0.353. The summed E-state index contributed by atoms with van der Waals surface area (Å²) in [7, 11) is 7.33. The van der Waals surface area contributed by atoms with E-state index in [1.54, 1.807) is 28.9 Å². The minimum atomic E-state index is -0.588. The van der Waals surface area contributed by atoms with Crippen molar-refractivity contribution in [3.05, 3.63) is 30.3 Å². The smallest absolute Gasteiger partial charge is 0.256 e. The van der Waals surface area contributed by atoms with Crippen molar-refractivity contribution in [2.75, 3.05) is 47.8 Å². The van der Waals surface area contributed by atoms with Crippen LogP contribution in [0.1, 0.15) is 6.92 Å². The molecule has 1 aromatic heterocycles. The van der Waals surface area contributed by atoms with Gasteiger partial charge >= 0.3 is 0 Å². The van der Waals surface area contributed by atoms with Gasteiger partial charge in [0.05, 0.1) is 5.69 Å². The zero-order valence-corrected chi connectivity index (χ0v) is 15.5. The van der Waals surface area contributed by atoms with Crippen LogP contribution in [0.2, 0.25) is 0 Å². The molecule has 0 bridgehead atoms. The Kier molecular flexibility index (Phi) is 4.45. The highest BCUT2D eigenvalue weighted by Gasteiger charge is 2.43. The molecular formula is C17H22N8O. The maximum atomic E-state index is 12.8. The summed E-state index contributed by atoms with van der Waals surface area (Å²) in [6.45, 7) is 1.74. The maximum Gasteiger partial charge on any atom is 0.256 e. The molecule has 136 valence electrons. The second-order valence-corrected chi connectivity index (χ2v) is 6.40. The zero-order valence-electron chi connectivity index (χ0n) is 15.5. The van der Waals surface area contributed by atoms with E-state index in [-0.39, 0.29) is 17.8 Å².